The third-order valence-electron chi connectivity index (χ3n) is 2.28. The molecule has 0 fully saturated rings. The molecule has 0 aliphatic rings. The molecule has 4 N–H and O–H groups in total. The molecule has 0 saturated carbocycles. The summed E-state index contributed by atoms with van der Waals surface area (Å²) in [6.45, 7) is 7.39. The molecule has 4 nitrogen and oxygen atoms in total. The first-order valence-electron chi connectivity index (χ1n) is 5.82. The first kappa shape index (κ1) is 14.3. The van der Waals surface area contributed by atoms with Crippen molar-refractivity contribution < 1.29 is 9.18 Å². The van der Waals surface area contributed by atoms with E-state index in [-0.39, 0.29) is 11.4 Å². The maximum absolute atomic E-state index is 13.1. The number of carbonyl (C=O) groups excluding carboxylic acids is 1. The highest BCUT2D eigenvalue weighted by molar-refractivity contribution is 5.85. The Bertz CT molecular complexity index is 440. The molecule has 5 heteroatoms. The minimum atomic E-state index is -0.492. The zero-order chi connectivity index (χ0) is 13.9. The van der Waals surface area contributed by atoms with Gasteiger partial charge in [-0.3, -0.25) is 4.79 Å². The van der Waals surface area contributed by atoms with E-state index < -0.39 is 11.9 Å². The van der Waals surface area contributed by atoms with Crippen molar-refractivity contribution in [2.24, 2.45) is 0 Å². The molecule has 1 aromatic carbocycles. The van der Waals surface area contributed by atoms with Crippen LogP contribution in [-0.2, 0) is 4.79 Å². The minimum Gasteiger partial charge on any atom is -0.397 e. The van der Waals surface area contributed by atoms with Crippen molar-refractivity contribution >= 4 is 17.3 Å². The standard InChI is InChI=1S/C13H20FN3O/c1-8(12(18)17-13(2,3)4)16-11-7-9(14)5-6-10(11)15/h5-8,16H,15H2,1-4H3,(H,17,18). The highest BCUT2D eigenvalue weighted by Gasteiger charge is 2.19. The van der Waals surface area contributed by atoms with Gasteiger partial charge in [0.2, 0.25) is 5.91 Å². The number of rotatable bonds is 3. The lowest BCUT2D eigenvalue weighted by molar-refractivity contribution is -0.122. The van der Waals surface area contributed by atoms with Gasteiger partial charge < -0.3 is 16.4 Å². The van der Waals surface area contributed by atoms with Gasteiger partial charge in [0.25, 0.3) is 0 Å². The second-order valence-corrected chi connectivity index (χ2v) is 5.34. The second-order valence-electron chi connectivity index (χ2n) is 5.34. The van der Waals surface area contributed by atoms with Crippen molar-refractivity contribution in [2.45, 2.75) is 39.3 Å². The summed E-state index contributed by atoms with van der Waals surface area (Å²) in [6.07, 6.45) is 0. The molecule has 0 saturated heterocycles. The second kappa shape index (κ2) is 5.25. The molecule has 1 aromatic rings. The molecule has 1 amide bonds. The molecular weight excluding hydrogens is 233 g/mol. The lowest BCUT2D eigenvalue weighted by Crippen LogP contribution is -2.47. The summed E-state index contributed by atoms with van der Waals surface area (Å²) in [5.41, 5.74) is 6.23. The number of hydrogen-bond donors (Lipinski definition) is 3. The highest BCUT2D eigenvalue weighted by Crippen LogP contribution is 2.20. The molecule has 0 aliphatic carbocycles. The third kappa shape index (κ3) is 4.24. The van der Waals surface area contributed by atoms with Gasteiger partial charge in [-0.05, 0) is 45.9 Å². The summed E-state index contributed by atoms with van der Waals surface area (Å²) in [6, 6.07) is 3.52. The Morgan fingerprint density at radius 2 is 2.00 bits per heavy atom. The van der Waals surface area contributed by atoms with E-state index in [1.54, 1.807) is 6.92 Å². The van der Waals surface area contributed by atoms with E-state index in [2.05, 4.69) is 10.6 Å². The van der Waals surface area contributed by atoms with Crippen LogP contribution in [0.2, 0.25) is 0 Å². The van der Waals surface area contributed by atoms with Crippen molar-refractivity contribution in [1.29, 1.82) is 0 Å². The SMILES string of the molecule is CC(Nc1cc(F)ccc1N)C(=O)NC(C)(C)C. The monoisotopic (exact) mass is 253 g/mol. The van der Waals surface area contributed by atoms with E-state index in [1.807, 2.05) is 20.8 Å². The zero-order valence-corrected chi connectivity index (χ0v) is 11.2. The van der Waals surface area contributed by atoms with E-state index in [9.17, 15) is 9.18 Å². The largest absolute Gasteiger partial charge is 0.397 e. The van der Waals surface area contributed by atoms with Gasteiger partial charge in [0.1, 0.15) is 11.9 Å². The fourth-order valence-electron chi connectivity index (χ4n) is 1.43. The molecule has 18 heavy (non-hydrogen) atoms. The first-order valence-corrected chi connectivity index (χ1v) is 5.82. The number of hydrogen-bond acceptors (Lipinski definition) is 3. The predicted octanol–water partition coefficient (Wildman–Crippen LogP) is 2.12. The Morgan fingerprint density at radius 1 is 1.39 bits per heavy atom. The number of benzene rings is 1. The Labute approximate surface area is 107 Å². The molecule has 0 aliphatic heterocycles. The van der Waals surface area contributed by atoms with Gasteiger partial charge >= 0.3 is 0 Å². The molecule has 1 atom stereocenters. The van der Waals surface area contributed by atoms with E-state index >= 15 is 0 Å². The van der Waals surface area contributed by atoms with E-state index in [0.29, 0.717) is 11.4 Å². The number of nitrogen functional groups attached to an aromatic ring is 1. The third-order valence-corrected chi connectivity index (χ3v) is 2.28. The van der Waals surface area contributed by atoms with Gasteiger partial charge in [-0.2, -0.15) is 0 Å². The number of nitrogens with two attached hydrogens (primary N) is 1. The van der Waals surface area contributed by atoms with Crippen LogP contribution in [0.3, 0.4) is 0 Å². The lowest BCUT2D eigenvalue weighted by atomic mass is 10.1. The summed E-state index contributed by atoms with van der Waals surface area (Å²) in [4.78, 5) is 11.9. The summed E-state index contributed by atoms with van der Waals surface area (Å²) in [5, 5.41) is 5.73. The van der Waals surface area contributed by atoms with Crippen molar-refractivity contribution in [2.75, 3.05) is 11.1 Å². The Hall–Kier alpha value is -1.78. The van der Waals surface area contributed by atoms with E-state index in [4.69, 9.17) is 5.73 Å². The average Bonchev–Trinajstić information content (AvgIpc) is 2.21. The van der Waals surface area contributed by atoms with Gasteiger partial charge in [0.05, 0.1) is 11.4 Å². The van der Waals surface area contributed by atoms with Crippen molar-refractivity contribution in [3.8, 4) is 0 Å². The molecule has 1 unspecified atom stereocenters. The Morgan fingerprint density at radius 3 is 2.56 bits per heavy atom. The number of carbonyl (C=O) groups is 1. The van der Waals surface area contributed by atoms with Gasteiger partial charge in [-0.1, -0.05) is 0 Å². The van der Waals surface area contributed by atoms with Gasteiger partial charge in [-0.25, -0.2) is 4.39 Å². The fourth-order valence-corrected chi connectivity index (χ4v) is 1.43. The smallest absolute Gasteiger partial charge is 0.242 e. The quantitative estimate of drug-likeness (QED) is 0.723. The summed E-state index contributed by atoms with van der Waals surface area (Å²) < 4.78 is 13.1. The van der Waals surface area contributed by atoms with Crippen LogP contribution in [0, 0.1) is 5.82 Å². The summed E-state index contributed by atoms with van der Waals surface area (Å²) >= 11 is 0. The van der Waals surface area contributed by atoms with Gasteiger partial charge in [0.15, 0.2) is 0 Å². The lowest BCUT2D eigenvalue weighted by Gasteiger charge is -2.24. The number of nitrogens with one attached hydrogen (secondary N) is 2. The van der Waals surface area contributed by atoms with Crippen LogP contribution in [-0.4, -0.2) is 17.5 Å². The Balaban J connectivity index is 2.72. The van der Waals surface area contributed by atoms with E-state index in [1.165, 1.54) is 18.2 Å². The fraction of sp³-hybridized carbons (Fsp3) is 0.462. The average molecular weight is 253 g/mol. The van der Waals surface area contributed by atoms with E-state index in [0.717, 1.165) is 0 Å². The number of anilines is 2. The Kier molecular flexibility index (Phi) is 4.16. The summed E-state index contributed by atoms with van der Waals surface area (Å²) in [5.74, 6) is -0.554. The van der Waals surface area contributed by atoms with Crippen LogP contribution in [0.1, 0.15) is 27.7 Å². The zero-order valence-electron chi connectivity index (χ0n) is 11.2. The summed E-state index contributed by atoms with van der Waals surface area (Å²) in [7, 11) is 0. The number of amides is 1. The normalized spacial score (nSPS) is 12.9. The maximum Gasteiger partial charge on any atom is 0.242 e. The molecule has 0 bridgehead atoms. The molecule has 0 radical (unpaired) electrons. The topological polar surface area (TPSA) is 67.1 Å². The van der Waals surface area contributed by atoms with Crippen LogP contribution in [0.15, 0.2) is 18.2 Å². The highest BCUT2D eigenvalue weighted by atomic mass is 19.1. The molecule has 0 aromatic heterocycles. The molecular formula is C13H20FN3O. The first-order chi connectivity index (χ1) is 8.19. The van der Waals surface area contributed by atoms with Crippen LogP contribution in [0.4, 0.5) is 15.8 Å². The minimum absolute atomic E-state index is 0.161. The van der Waals surface area contributed by atoms with Crippen molar-refractivity contribution in [1.82, 2.24) is 5.32 Å². The van der Waals surface area contributed by atoms with Crippen LogP contribution < -0.4 is 16.4 Å². The molecule has 100 valence electrons. The van der Waals surface area contributed by atoms with Crippen molar-refractivity contribution in [3.63, 3.8) is 0 Å². The van der Waals surface area contributed by atoms with Crippen LogP contribution in [0.5, 0.6) is 0 Å². The predicted molar refractivity (Wildman–Crippen MR) is 71.8 cm³/mol. The number of halogens is 1. The van der Waals surface area contributed by atoms with Gasteiger partial charge in [-0.15, -0.1) is 0 Å². The molecule has 0 heterocycles. The maximum atomic E-state index is 13.1. The van der Waals surface area contributed by atoms with Gasteiger partial charge in [0, 0.05) is 5.54 Å². The van der Waals surface area contributed by atoms with Crippen LogP contribution in [0.25, 0.3) is 0 Å². The van der Waals surface area contributed by atoms with Crippen LogP contribution >= 0.6 is 0 Å². The molecule has 1 rings (SSSR count). The molecule has 0 spiro atoms. The van der Waals surface area contributed by atoms with Crippen molar-refractivity contribution in [3.05, 3.63) is 24.0 Å².